The maximum Gasteiger partial charge on any atom is 0.164 e. The Kier molecular flexibility index (Phi) is 9.01. The van der Waals surface area contributed by atoms with Gasteiger partial charge in [-0.3, -0.25) is 9.59 Å². The van der Waals surface area contributed by atoms with E-state index >= 15 is 0 Å². The van der Waals surface area contributed by atoms with Crippen molar-refractivity contribution in [3.05, 3.63) is 84.3 Å². The molecule has 1 aliphatic heterocycles. The monoisotopic (exact) mass is 574 g/mol. The van der Waals surface area contributed by atoms with E-state index in [4.69, 9.17) is 46.4 Å². The van der Waals surface area contributed by atoms with Crippen LogP contribution in [0.1, 0.15) is 35.0 Å². The van der Waals surface area contributed by atoms with Gasteiger partial charge in [0.05, 0.1) is 20.7 Å². The highest BCUT2D eigenvalue weighted by Crippen LogP contribution is 2.46. The molecule has 0 saturated carbocycles. The Bertz CT molecular complexity index is 1300. The summed E-state index contributed by atoms with van der Waals surface area (Å²) >= 11 is 26.5. The molecule has 0 amide bonds. The second-order valence-corrected chi connectivity index (χ2v) is 10.9. The molecule has 2 N–H and O–H groups in total. The Balaban J connectivity index is 0.000000191. The molecule has 2 aromatic carbocycles. The zero-order valence-electron chi connectivity index (χ0n) is 17.9. The molecule has 4 rings (SSSR count). The molecule has 0 spiro atoms. The fraction of sp³-hybridized carbons (Fsp3) is 0.167. The Morgan fingerprint density at radius 1 is 0.912 bits per heavy atom. The predicted molar refractivity (Wildman–Crippen MR) is 143 cm³/mol. The summed E-state index contributed by atoms with van der Waals surface area (Å²) in [5, 5.41) is 23.4. The number of rotatable bonds is 4. The number of aromatic hydroxyl groups is 1. The number of thiophene rings is 1. The van der Waals surface area contributed by atoms with Crippen molar-refractivity contribution in [3.8, 4) is 16.2 Å². The van der Waals surface area contributed by atoms with Crippen LogP contribution in [-0.2, 0) is 4.79 Å². The minimum atomic E-state index is -0.265. The Morgan fingerprint density at radius 3 is 2.03 bits per heavy atom. The zero-order chi connectivity index (χ0) is 25.2. The van der Waals surface area contributed by atoms with E-state index in [1.165, 1.54) is 36.9 Å². The summed E-state index contributed by atoms with van der Waals surface area (Å²) in [5.41, 5.74) is 2.25. The highest BCUT2D eigenvalue weighted by Gasteiger charge is 2.30. The summed E-state index contributed by atoms with van der Waals surface area (Å²) in [6.07, 6.45) is 0. The van der Waals surface area contributed by atoms with Crippen LogP contribution in [-0.4, -0.2) is 27.5 Å². The van der Waals surface area contributed by atoms with Crippen LogP contribution < -0.4 is 0 Å². The van der Waals surface area contributed by atoms with E-state index in [0.29, 0.717) is 47.4 Å². The highest BCUT2D eigenvalue weighted by atomic mass is 35.5. The molecule has 1 aromatic heterocycles. The summed E-state index contributed by atoms with van der Waals surface area (Å²) < 4.78 is 0. The van der Waals surface area contributed by atoms with E-state index < -0.39 is 0 Å². The molecule has 0 radical (unpaired) electrons. The standard InChI is InChI=1S/C12H10Cl2O2S.C12H8Cl2O2S/c2*1-6(15)9-5-17-12(11(9)16)8-3-2-7(13)4-10(8)14/h2-4,12,16H,5H2,1H3;2-5,16H,1H3. The van der Waals surface area contributed by atoms with Crippen molar-refractivity contribution < 1.29 is 19.8 Å². The molecule has 3 aromatic rings. The molecular formula is C24H18Cl4O4S2. The average Bonchev–Trinajstić information content (AvgIpc) is 3.32. The van der Waals surface area contributed by atoms with E-state index in [0.717, 1.165) is 5.56 Å². The van der Waals surface area contributed by atoms with Crippen LogP contribution in [0.5, 0.6) is 5.75 Å². The number of benzene rings is 2. The summed E-state index contributed by atoms with van der Waals surface area (Å²) in [6.45, 7) is 2.87. The van der Waals surface area contributed by atoms with Crippen LogP contribution >= 0.6 is 69.5 Å². The van der Waals surface area contributed by atoms with Gasteiger partial charge in [0.1, 0.15) is 11.5 Å². The topological polar surface area (TPSA) is 74.6 Å². The molecule has 0 bridgehead atoms. The van der Waals surface area contributed by atoms with Gasteiger partial charge < -0.3 is 10.2 Å². The molecule has 10 heteroatoms. The molecule has 0 fully saturated rings. The number of carbonyl (C=O) groups excluding carboxylic acids is 2. The first-order valence-electron chi connectivity index (χ1n) is 9.77. The Labute approximate surface area is 225 Å². The lowest BCUT2D eigenvalue weighted by Crippen LogP contribution is -2.01. The molecule has 0 aliphatic carbocycles. The van der Waals surface area contributed by atoms with Crippen molar-refractivity contribution in [1.29, 1.82) is 0 Å². The van der Waals surface area contributed by atoms with Crippen LogP contribution in [0.25, 0.3) is 10.4 Å². The third-order valence-corrected chi connectivity index (χ3v) is 8.32. The first-order valence-corrected chi connectivity index (χ1v) is 13.2. The lowest BCUT2D eigenvalue weighted by Gasteiger charge is -2.12. The van der Waals surface area contributed by atoms with Crippen molar-refractivity contribution in [2.75, 3.05) is 5.75 Å². The van der Waals surface area contributed by atoms with Gasteiger partial charge in [0.15, 0.2) is 11.6 Å². The molecular weight excluding hydrogens is 558 g/mol. The van der Waals surface area contributed by atoms with Crippen molar-refractivity contribution in [2.45, 2.75) is 19.1 Å². The smallest absolute Gasteiger partial charge is 0.164 e. The van der Waals surface area contributed by atoms with Gasteiger partial charge in [0, 0.05) is 37.3 Å². The van der Waals surface area contributed by atoms with E-state index in [1.54, 1.807) is 41.8 Å². The van der Waals surface area contributed by atoms with Gasteiger partial charge in [-0.25, -0.2) is 0 Å². The van der Waals surface area contributed by atoms with E-state index in [9.17, 15) is 19.8 Å². The first kappa shape index (κ1) is 26.9. The number of ketones is 2. The van der Waals surface area contributed by atoms with Gasteiger partial charge in [0.25, 0.3) is 0 Å². The number of halogens is 4. The minimum Gasteiger partial charge on any atom is -0.510 e. The number of Topliss-reactive ketones (excluding diaryl/α,β-unsaturated/α-hetero) is 2. The van der Waals surface area contributed by atoms with Crippen LogP contribution in [0, 0.1) is 0 Å². The molecule has 4 nitrogen and oxygen atoms in total. The molecule has 1 unspecified atom stereocenters. The molecule has 1 aliphatic rings. The largest absolute Gasteiger partial charge is 0.510 e. The fourth-order valence-electron chi connectivity index (χ4n) is 3.18. The zero-order valence-corrected chi connectivity index (χ0v) is 22.5. The van der Waals surface area contributed by atoms with E-state index in [-0.39, 0.29) is 28.3 Å². The number of aliphatic hydroxyl groups is 1. The van der Waals surface area contributed by atoms with Crippen molar-refractivity contribution in [1.82, 2.24) is 0 Å². The van der Waals surface area contributed by atoms with Gasteiger partial charge in [-0.1, -0.05) is 58.5 Å². The lowest BCUT2D eigenvalue weighted by atomic mass is 10.1. The van der Waals surface area contributed by atoms with Crippen LogP contribution in [0.3, 0.4) is 0 Å². The second kappa shape index (κ2) is 11.4. The highest BCUT2D eigenvalue weighted by molar-refractivity contribution is 8.00. The van der Waals surface area contributed by atoms with Gasteiger partial charge in [-0.05, 0) is 43.7 Å². The normalized spacial score (nSPS) is 15.2. The third-order valence-electron chi connectivity index (χ3n) is 4.94. The van der Waals surface area contributed by atoms with Gasteiger partial charge in [-0.2, -0.15) is 0 Å². The Morgan fingerprint density at radius 2 is 1.53 bits per heavy atom. The van der Waals surface area contributed by atoms with Crippen molar-refractivity contribution >= 4 is 81.1 Å². The lowest BCUT2D eigenvalue weighted by molar-refractivity contribution is -0.113. The summed E-state index contributed by atoms with van der Waals surface area (Å²) in [6, 6.07) is 10.2. The first-order chi connectivity index (χ1) is 16.0. The fourth-order valence-corrected chi connectivity index (χ4v) is 6.73. The van der Waals surface area contributed by atoms with Crippen LogP contribution in [0.2, 0.25) is 20.1 Å². The molecule has 0 saturated heterocycles. The predicted octanol–water partition coefficient (Wildman–Crippen LogP) is 8.81. The van der Waals surface area contributed by atoms with E-state index in [2.05, 4.69) is 0 Å². The average molecular weight is 576 g/mol. The number of hydrogen-bond acceptors (Lipinski definition) is 6. The van der Waals surface area contributed by atoms with E-state index in [1.807, 2.05) is 0 Å². The van der Waals surface area contributed by atoms with Crippen molar-refractivity contribution in [3.63, 3.8) is 0 Å². The summed E-state index contributed by atoms with van der Waals surface area (Å²) in [7, 11) is 0. The van der Waals surface area contributed by atoms with Crippen molar-refractivity contribution in [2.24, 2.45) is 0 Å². The Hall–Kier alpha value is -1.67. The maximum absolute atomic E-state index is 11.3. The number of carbonyl (C=O) groups is 2. The molecule has 178 valence electrons. The van der Waals surface area contributed by atoms with Gasteiger partial charge in [0.2, 0.25) is 0 Å². The summed E-state index contributed by atoms with van der Waals surface area (Å²) in [5.74, 6) is 0.348. The SMILES string of the molecule is CC(=O)C1=C(O)C(c2ccc(Cl)cc2Cl)SC1.CC(=O)c1csc(-c2ccc(Cl)cc2Cl)c1O. The molecule has 1 atom stereocenters. The molecule has 34 heavy (non-hydrogen) atoms. The molecule has 2 heterocycles. The van der Waals surface area contributed by atoms with Crippen LogP contribution in [0.15, 0.2) is 53.1 Å². The number of thioether (sulfide) groups is 1. The van der Waals surface area contributed by atoms with Gasteiger partial charge >= 0.3 is 0 Å². The van der Waals surface area contributed by atoms with Crippen LogP contribution in [0.4, 0.5) is 0 Å². The number of aliphatic hydroxyl groups excluding tert-OH is 1. The quantitative estimate of drug-likeness (QED) is 0.304. The minimum absolute atomic E-state index is 0.0216. The maximum atomic E-state index is 11.3. The van der Waals surface area contributed by atoms with Gasteiger partial charge in [-0.15, -0.1) is 23.1 Å². The second-order valence-electron chi connectivity index (χ2n) is 7.28. The number of hydrogen-bond donors (Lipinski definition) is 2. The summed E-state index contributed by atoms with van der Waals surface area (Å²) in [4.78, 5) is 23.1. The third kappa shape index (κ3) is 5.93.